The van der Waals surface area contributed by atoms with Gasteiger partial charge < -0.3 is 10.2 Å². The van der Waals surface area contributed by atoms with Crippen LogP contribution in [0, 0.1) is 11.8 Å². The number of aliphatic hydroxyl groups is 2. The third-order valence-electron chi connectivity index (χ3n) is 2.82. The van der Waals surface area contributed by atoms with Crippen LogP contribution in [0.25, 0.3) is 0 Å². The summed E-state index contributed by atoms with van der Waals surface area (Å²) < 4.78 is 0. The van der Waals surface area contributed by atoms with Gasteiger partial charge in [-0.15, -0.1) is 0 Å². The van der Waals surface area contributed by atoms with Crippen molar-refractivity contribution in [1.29, 1.82) is 0 Å². The molecule has 0 radical (unpaired) electrons. The summed E-state index contributed by atoms with van der Waals surface area (Å²) in [5.74, 6) is 0.692. The van der Waals surface area contributed by atoms with Crippen molar-refractivity contribution in [2.24, 2.45) is 11.8 Å². The SMILES string of the molecule is C[C@H](O)[C@@H]1CCCC[C@@H]1CO. The first kappa shape index (κ1) is 9.01. The van der Waals surface area contributed by atoms with Gasteiger partial charge in [-0.2, -0.15) is 0 Å². The van der Waals surface area contributed by atoms with Crippen LogP contribution in [0.4, 0.5) is 0 Å². The standard InChI is InChI=1S/C9H18O2/c1-7(11)9-5-3-2-4-8(9)6-10/h7-11H,2-6H2,1H3/t7-,8+,9-/m0/s1. The zero-order valence-electron chi connectivity index (χ0n) is 7.16. The zero-order chi connectivity index (χ0) is 8.27. The van der Waals surface area contributed by atoms with E-state index in [0.717, 1.165) is 12.8 Å². The van der Waals surface area contributed by atoms with Gasteiger partial charge in [-0.25, -0.2) is 0 Å². The van der Waals surface area contributed by atoms with Gasteiger partial charge in [-0.1, -0.05) is 12.8 Å². The summed E-state index contributed by atoms with van der Waals surface area (Å²) >= 11 is 0. The molecule has 0 spiro atoms. The molecule has 1 aliphatic rings. The Morgan fingerprint density at radius 3 is 2.45 bits per heavy atom. The first-order valence-corrected chi connectivity index (χ1v) is 4.54. The van der Waals surface area contributed by atoms with Gasteiger partial charge in [0.05, 0.1) is 6.10 Å². The monoisotopic (exact) mass is 158 g/mol. The van der Waals surface area contributed by atoms with Crippen molar-refractivity contribution in [2.75, 3.05) is 6.61 Å². The molecule has 0 amide bonds. The Balaban J connectivity index is 2.44. The smallest absolute Gasteiger partial charge is 0.0543 e. The summed E-state index contributed by atoms with van der Waals surface area (Å²) in [5, 5.41) is 18.4. The topological polar surface area (TPSA) is 40.5 Å². The molecule has 11 heavy (non-hydrogen) atoms. The van der Waals surface area contributed by atoms with Gasteiger partial charge in [0.15, 0.2) is 0 Å². The largest absolute Gasteiger partial charge is 0.396 e. The molecule has 0 aromatic rings. The molecule has 1 saturated carbocycles. The van der Waals surface area contributed by atoms with E-state index in [1.165, 1.54) is 12.8 Å². The molecule has 2 heteroatoms. The van der Waals surface area contributed by atoms with Crippen molar-refractivity contribution in [3.05, 3.63) is 0 Å². The Kier molecular flexibility index (Phi) is 3.34. The zero-order valence-corrected chi connectivity index (χ0v) is 7.16. The van der Waals surface area contributed by atoms with E-state index >= 15 is 0 Å². The number of aliphatic hydroxyl groups excluding tert-OH is 2. The van der Waals surface area contributed by atoms with E-state index in [4.69, 9.17) is 5.11 Å². The predicted molar refractivity (Wildman–Crippen MR) is 44.2 cm³/mol. The highest BCUT2D eigenvalue weighted by atomic mass is 16.3. The molecule has 1 rings (SSSR count). The maximum atomic E-state index is 9.37. The Hall–Kier alpha value is -0.0800. The van der Waals surface area contributed by atoms with Crippen LogP contribution in [-0.2, 0) is 0 Å². The Labute approximate surface area is 68.2 Å². The molecule has 2 N–H and O–H groups in total. The van der Waals surface area contributed by atoms with Gasteiger partial charge in [0, 0.05) is 6.61 Å². The highest BCUT2D eigenvalue weighted by Gasteiger charge is 2.27. The van der Waals surface area contributed by atoms with E-state index in [1.807, 2.05) is 6.92 Å². The van der Waals surface area contributed by atoms with Crippen molar-refractivity contribution >= 4 is 0 Å². The fourth-order valence-corrected chi connectivity index (χ4v) is 2.10. The molecule has 0 unspecified atom stereocenters. The molecule has 0 bridgehead atoms. The van der Waals surface area contributed by atoms with Crippen molar-refractivity contribution in [3.8, 4) is 0 Å². The molecule has 0 aliphatic heterocycles. The fourth-order valence-electron chi connectivity index (χ4n) is 2.10. The highest BCUT2D eigenvalue weighted by molar-refractivity contribution is 4.78. The fraction of sp³-hybridized carbons (Fsp3) is 1.00. The second-order valence-corrected chi connectivity index (χ2v) is 3.63. The van der Waals surface area contributed by atoms with Gasteiger partial charge in [0.1, 0.15) is 0 Å². The number of hydrogen-bond donors (Lipinski definition) is 2. The molecule has 66 valence electrons. The quantitative estimate of drug-likeness (QED) is 0.633. The van der Waals surface area contributed by atoms with Crippen LogP contribution >= 0.6 is 0 Å². The number of hydrogen-bond acceptors (Lipinski definition) is 2. The van der Waals surface area contributed by atoms with Crippen molar-refractivity contribution in [2.45, 2.75) is 38.7 Å². The second kappa shape index (κ2) is 4.07. The van der Waals surface area contributed by atoms with E-state index in [-0.39, 0.29) is 12.7 Å². The van der Waals surface area contributed by atoms with Gasteiger partial charge in [0.25, 0.3) is 0 Å². The highest BCUT2D eigenvalue weighted by Crippen LogP contribution is 2.31. The summed E-state index contributed by atoms with van der Waals surface area (Å²) in [4.78, 5) is 0. The summed E-state index contributed by atoms with van der Waals surface area (Å²) in [6.45, 7) is 2.08. The lowest BCUT2D eigenvalue weighted by Crippen LogP contribution is -2.30. The minimum atomic E-state index is -0.243. The molecule has 1 fully saturated rings. The van der Waals surface area contributed by atoms with Crippen molar-refractivity contribution in [1.82, 2.24) is 0 Å². The van der Waals surface area contributed by atoms with Crippen molar-refractivity contribution in [3.63, 3.8) is 0 Å². The van der Waals surface area contributed by atoms with Crippen LogP contribution in [0.2, 0.25) is 0 Å². The average molecular weight is 158 g/mol. The van der Waals surface area contributed by atoms with Crippen LogP contribution in [0.3, 0.4) is 0 Å². The average Bonchev–Trinajstić information content (AvgIpc) is 2.04. The molecule has 0 aromatic carbocycles. The molecule has 0 heterocycles. The second-order valence-electron chi connectivity index (χ2n) is 3.63. The maximum absolute atomic E-state index is 9.37. The molecule has 0 aromatic heterocycles. The molecule has 3 atom stereocenters. The van der Waals surface area contributed by atoms with Crippen molar-refractivity contribution < 1.29 is 10.2 Å². The molecular weight excluding hydrogens is 140 g/mol. The van der Waals surface area contributed by atoms with Crippen LogP contribution in [-0.4, -0.2) is 22.9 Å². The maximum Gasteiger partial charge on any atom is 0.0543 e. The first-order valence-electron chi connectivity index (χ1n) is 4.54. The van der Waals surface area contributed by atoms with E-state index in [9.17, 15) is 5.11 Å². The van der Waals surface area contributed by atoms with Gasteiger partial charge >= 0.3 is 0 Å². The van der Waals surface area contributed by atoms with Crippen LogP contribution in [0.15, 0.2) is 0 Å². The summed E-state index contributed by atoms with van der Waals surface area (Å²) in [6.07, 6.45) is 4.36. The Bertz CT molecular complexity index is 112. The van der Waals surface area contributed by atoms with Gasteiger partial charge in [-0.3, -0.25) is 0 Å². The van der Waals surface area contributed by atoms with Gasteiger partial charge in [0.2, 0.25) is 0 Å². The first-order chi connectivity index (χ1) is 5.25. The normalized spacial score (nSPS) is 35.2. The Morgan fingerprint density at radius 1 is 1.36 bits per heavy atom. The van der Waals surface area contributed by atoms with E-state index < -0.39 is 0 Å². The molecule has 0 saturated heterocycles. The van der Waals surface area contributed by atoms with Crippen LogP contribution < -0.4 is 0 Å². The third kappa shape index (κ3) is 2.17. The molecule has 1 aliphatic carbocycles. The minimum Gasteiger partial charge on any atom is -0.396 e. The number of rotatable bonds is 2. The summed E-state index contributed by atoms with van der Waals surface area (Å²) in [5.41, 5.74) is 0. The van der Waals surface area contributed by atoms with Crippen LogP contribution in [0.1, 0.15) is 32.6 Å². The predicted octanol–water partition coefficient (Wildman–Crippen LogP) is 1.17. The van der Waals surface area contributed by atoms with E-state index in [2.05, 4.69) is 0 Å². The Morgan fingerprint density at radius 2 is 2.00 bits per heavy atom. The lowest BCUT2D eigenvalue weighted by atomic mass is 9.77. The third-order valence-corrected chi connectivity index (χ3v) is 2.82. The summed E-state index contributed by atoms with van der Waals surface area (Å²) in [7, 11) is 0. The lowest BCUT2D eigenvalue weighted by molar-refractivity contribution is 0.0346. The van der Waals surface area contributed by atoms with Gasteiger partial charge in [-0.05, 0) is 31.6 Å². The van der Waals surface area contributed by atoms with E-state index in [1.54, 1.807) is 0 Å². The molecule has 2 nitrogen and oxygen atoms in total. The van der Waals surface area contributed by atoms with E-state index in [0.29, 0.717) is 11.8 Å². The lowest BCUT2D eigenvalue weighted by Gasteiger charge is -2.32. The minimum absolute atomic E-state index is 0.243. The molecular formula is C9H18O2. The summed E-state index contributed by atoms with van der Waals surface area (Å²) in [6, 6.07) is 0. The van der Waals surface area contributed by atoms with Crippen LogP contribution in [0.5, 0.6) is 0 Å².